The lowest BCUT2D eigenvalue weighted by Crippen LogP contribution is -2.44. The Bertz CT molecular complexity index is 2170. The van der Waals surface area contributed by atoms with Gasteiger partial charge in [0.05, 0.1) is 23.6 Å². The number of piperidine rings is 1. The van der Waals surface area contributed by atoms with Gasteiger partial charge >= 0.3 is 6.03 Å². The van der Waals surface area contributed by atoms with Gasteiger partial charge in [0, 0.05) is 61.3 Å². The first-order valence-electron chi connectivity index (χ1n) is 20.2. The molecule has 0 bridgehead atoms. The molecule has 4 atom stereocenters. The molecule has 2 saturated heterocycles. The zero-order valence-corrected chi connectivity index (χ0v) is 34.3. The van der Waals surface area contributed by atoms with Crippen molar-refractivity contribution in [1.29, 1.82) is 0 Å². The van der Waals surface area contributed by atoms with Gasteiger partial charge in [-0.15, -0.1) is 10.2 Å². The summed E-state index contributed by atoms with van der Waals surface area (Å²) in [6.07, 6.45) is 6.82. The van der Waals surface area contributed by atoms with Gasteiger partial charge in [-0.2, -0.15) is 5.10 Å². The smallest absolute Gasteiger partial charge is 0.320 e. The number of piperazine rings is 1. The molecule has 2 aliphatic heterocycles. The molecule has 1 aliphatic carbocycles. The third-order valence-electron chi connectivity index (χ3n) is 11.8. The minimum absolute atomic E-state index is 0.168. The van der Waals surface area contributed by atoms with Gasteiger partial charge in [0.15, 0.2) is 5.65 Å². The van der Waals surface area contributed by atoms with Crippen molar-refractivity contribution in [3.8, 4) is 11.4 Å². The lowest BCUT2D eigenvalue weighted by Gasteiger charge is -2.39. The van der Waals surface area contributed by atoms with Crippen LogP contribution in [0.3, 0.4) is 0 Å². The molecule has 13 heteroatoms. The molecule has 5 heterocycles. The number of amides is 2. The molecule has 56 heavy (non-hydrogen) atoms. The van der Waals surface area contributed by atoms with Crippen LogP contribution in [0.5, 0.6) is 5.75 Å². The minimum atomic E-state index is -0.288. The van der Waals surface area contributed by atoms with Crippen LogP contribution in [0.2, 0.25) is 5.02 Å². The number of halogens is 1. The number of benzene rings is 2. The van der Waals surface area contributed by atoms with E-state index in [1.807, 2.05) is 53.3 Å². The average Bonchev–Trinajstić information content (AvgIpc) is 3.79. The molecule has 2 aromatic carbocycles. The van der Waals surface area contributed by atoms with Crippen molar-refractivity contribution in [2.24, 2.45) is 0 Å². The molecule has 0 saturated carbocycles. The molecule has 3 aliphatic rings. The van der Waals surface area contributed by atoms with Gasteiger partial charge in [0.1, 0.15) is 17.7 Å². The predicted molar refractivity (Wildman–Crippen MR) is 222 cm³/mol. The van der Waals surface area contributed by atoms with Crippen LogP contribution in [0, 0.1) is 0 Å². The first-order chi connectivity index (χ1) is 26.9. The summed E-state index contributed by atoms with van der Waals surface area (Å²) in [4.78, 5) is 21.1. The fraction of sp³-hybridized carbons (Fsp3) is 0.488. The summed E-state index contributed by atoms with van der Waals surface area (Å²) in [6.45, 7) is 15.7. The number of likely N-dealkylation sites (N-methyl/N-ethyl adjacent to an activating group) is 1. The zero-order valence-electron chi connectivity index (χ0n) is 33.5. The highest BCUT2D eigenvalue weighted by atomic mass is 35.5. The summed E-state index contributed by atoms with van der Waals surface area (Å²) in [6, 6.07) is 20.5. The lowest BCUT2D eigenvalue weighted by molar-refractivity contribution is 0.148. The molecule has 5 aromatic rings. The maximum absolute atomic E-state index is 13.9. The monoisotopic (exact) mass is 778 g/mol. The van der Waals surface area contributed by atoms with Crippen LogP contribution >= 0.6 is 11.6 Å². The minimum Gasteiger partial charge on any atom is -0.484 e. The van der Waals surface area contributed by atoms with Crippen LogP contribution < -0.4 is 20.3 Å². The van der Waals surface area contributed by atoms with E-state index in [0.717, 1.165) is 109 Å². The van der Waals surface area contributed by atoms with Crippen molar-refractivity contribution in [3.05, 3.63) is 94.3 Å². The van der Waals surface area contributed by atoms with Crippen molar-refractivity contribution in [2.45, 2.75) is 103 Å². The van der Waals surface area contributed by atoms with Gasteiger partial charge in [-0.25, -0.2) is 9.48 Å². The molecule has 3 aromatic heterocycles. The van der Waals surface area contributed by atoms with E-state index in [9.17, 15) is 4.79 Å². The van der Waals surface area contributed by atoms with E-state index in [0.29, 0.717) is 17.9 Å². The standard InChI is InChI=1S/C43H55ClN10O2/c1-28-10-9-11-29(2)53(28)42-48-47-39-19-15-32(27-52(39)42)56-37-18-17-36(33-12-7-8-13-34(33)37)45-41(55)46-40-25-38(43(3,4)5)49-54(40)31-14-16-35(44)30(24-31)26-51-22-20-50(6)21-23-51/h7-8,12-16,19,24-25,27-29,36-37H,9-11,17-18,20-23,26H2,1-6H3,(H2,45,46,55)/t28-,29+,36-,37+/m0/s1. The number of carbonyl (C=O) groups excluding carboxylic acids is 1. The summed E-state index contributed by atoms with van der Waals surface area (Å²) < 4.78 is 10.6. The average molecular weight is 779 g/mol. The molecule has 0 unspecified atom stereocenters. The van der Waals surface area contributed by atoms with Gasteiger partial charge in [-0.3, -0.25) is 14.6 Å². The topological polar surface area (TPSA) is 108 Å². The number of fused-ring (bicyclic) bond motifs is 2. The van der Waals surface area contributed by atoms with Gasteiger partial charge < -0.3 is 19.9 Å². The summed E-state index contributed by atoms with van der Waals surface area (Å²) in [5, 5.41) is 21.2. The van der Waals surface area contributed by atoms with Crippen LogP contribution in [0.1, 0.15) is 101 Å². The molecule has 0 radical (unpaired) electrons. The first-order valence-corrected chi connectivity index (χ1v) is 20.6. The number of aromatic nitrogens is 5. The highest BCUT2D eigenvalue weighted by Crippen LogP contribution is 2.39. The number of rotatable bonds is 8. The van der Waals surface area contributed by atoms with Crippen LogP contribution in [0.25, 0.3) is 11.3 Å². The SMILES string of the molecule is C[C@@H]1CCC[C@H](C)N1c1nnc2ccc(O[C@@H]3CC[C@H](NC(=O)Nc4cc(C(C)(C)C)nn4-c4ccc(Cl)c(CN5CCN(C)CC5)c4)c4ccccc43)cn12. The Hall–Kier alpha value is -4.65. The van der Waals surface area contributed by atoms with Crippen LogP contribution in [-0.4, -0.2) is 85.5 Å². The lowest BCUT2D eigenvalue weighted by atomic mass is 9.85. The number of hydrogen-bond donors (Lipinski definition) is 2. The van der Waals surface area contributed by atoms with Crippen LogP contribution in [0.15, 0.2) is 66.9 Å². The number of nitrogens with one attached hydrogen (secondary N) is 2. The molecule has 2 fully saturated rings. The first kappa shape index (κ1) is 38.2. The second-order valence-corrected chi connectivity index (χ2v) is 17.4. The predicted octanol–water partition coefficient (Wildman–Crippen LogP) is 8.16. The van der Waals surface area contributed by atoms with Gasteiger partial charge in [0.2, 0.25) is 5.95 Å². The Morgan fingerprint density at radius 1 is 0.911 bits per heavy atom. The van der Waals surface area contributed by atoms with Crippen LogP contribution in [0.4, 0.5) is 16.6 Å². The normalized spacial score (nSPS) is 22.2. The number of nitrogens with zero attached hydrogens (tertiary/aromatic N) is 8. The highest BCUT2D eigenvalue weighted by Gasteiger charge is 2.32. The molecule has 0 spiro atoms. The summed E-state index contributed by atoms with van der Waals surface area (Å²) in [7, 11) is 2.16. The van der Waals surface area contributed by atoms with E-state index in [1.165, 1.54) is 6.42 Å². The molecule has 12 nitrogen and oxygen atoms in total. The Morgan fingerprint density at radius 2 is 1.66 bits per heavy atom. The van der Waals surface area contributed by atoms with Gasteiger partial charge in [0.25, 0.3) is 0 Å². The third-order valence-corrected chi connectivity index (χ3v) is 12.2. The van der Waals surface area contributed by atoms with Crippen molar-refractivity contribution in [1.82, 2.24) is 39.5 Å². The number of ether oxygens (including phenoxy) is 1. The van der Waals surface area contributed by atoms with Crippen molar-refractivity contribution in [2.75, 3.05) is 43.4 Å². The van der Waals surface area contributed by atoms with Crippen molar-refractivity contribution >= 4 is 35.0 Å². The largest absolute Gasteiger partial charge is 0.484 e. The zero-order chi connectivity index (χ0) is 39.1. The molecular formula is C43H55ClN10O2. The molecule has 296 valence electrons. The number of carbonyl (C=O) groups is 1. The summed E-state index contributed by atoms with van der Waals surface area (Å²) in [5.41, 5.74) is 5.47. The Kier molecular flexibility index (Phi) is 10.7. The number of pyridine rings is 1. The molecule has 8 rings (SSSR count). The number of hydrogen-bond acceptors (Lipinski definition) is 8. The highest BCUT2D eigenvalue weighted by molar-refractivity contribution is 6.31. The molecular weight excluding hydrogens is 724 g/mol. The third kappa shape index (κ3) is 7.97. The number of anilines is 2. The van der Waals surface area contributed by atoms with Crippen LogP contribution in [-0.2, 0) is 12.0 Å². The van der Waals surface area contributed by atoms with E-state index >= 15 is 0 Å². The fourth-order valence-corrected chi connectivity index (χ4v) is 8.69. The molecule has 2 amide bonds. The quantitative estimate of drug-likeness (QED) is 0.163. The maximum atomic E-state index is 13.9. The van der Waals surface area contributed by atoms with E-state index in [4.69, 9.17) is 21.4 Å². The molecule has 2 N–H and O–H groups in total. The van der Waals surface area contributed by atoms with E-state index in [1.54, 1.807) is 0 Å². The van der Waals surface area contributed by atoms with E-state index in [2.05, 4.69) is 99.8 Å². The second kappa shape index (κ2) is 15.7. The van der Waals surface area contributed by atoms with E-state index < -0.39 is 0 Å². The van der Waals surface area contributed by atoms with Gasteiger partial charge in [-0.1, -0.05) is 56.6 Å². The second-order valence-electron chi connectivity index (χ2n) is 17.0. The van der Waals surface area contributed by atoms with Gasteiger partial charge in [-0.05, 0) is 100 Å². The summed E-state index contributed by atoms with van der Waals surface area (Å²) >= 11 is 6.74. The Balaban J connectivity index is 0.993. The maximum Gasteiger partial charge on any atom is 0.320 e. The van der Waals surface area contributed by atoms with Crippen molar-refractivity contribution in [3.63, 3.8) is 0 Å². The summed E-state index contributed by atoms with van der Waals surface area (Å²) in [5.74, 6) is 2.22. The van der Waals surface area contributed by atoms with Crippen molar-refractivity contribution < 1.29 is 9.53 Å². The Morgan fingerprint density at radius 3 is 2.41 bits per heavy atom. The Labute approximate surface area is 335 Å². The fourth-order valence-electron chi connectivity index (χ4n) is 8.51. The van der Waals surface area contributed by atoms with E-state index in [-0.39, 0.29) is 23.6 Å². The number of urea groups is 1.